The van der Waals surface area contributed by atoms with E-state index >= 15 is 0 Å². The van der Waals surface area contributed by atoms with Crippen molar-refractivity contribution in [3.05, 3.63) is 84.5 Å². The molecule has 3 aromatic heterocycles. The maximum Gasteiger partial charge on any atom is 0.332 e. The maximum atomic E-state index is 13.2. The standard InChI is InChI=1S/C30H30N6O15/c1-34-7-4-13(19(37)25(34)43)22(40)31-16-10-49-29(47)18(33-24(42)15-6-9-36(3)27(45)21(15)39)12-51-30(48)17(11-50-28(16)46)32-23(41)14-5-8-35(2)26(44)20(14)38/h4-9,16-18,37-39H,10-12H2,1-3H3,(H,31,40)(H,32,41)(H,33,42)/t16-,17-,18-/m0/s1. The molecule has 0 unspecified atom stereocenters. The molecule has 4 heterocycles. The second kappa shape index (κ2) is 15.1. The van der Waals surface area contributed by atoms with Crippen LogP contribution in [0.15, 0.2) is 51.2 Å². The lowest BCUT2D eigenvalue weighted by atomic mass is 10.2. The number of nitrogens with one attached hydrogen (secondary N) is 3. The number of aromatic hydroxyl groups is 3. The van der Waals surface area contributed by atoms with E-state index in [2.05, 4.69) is 16.0 Å². The first-order chi connectivity index (χ1) is 24.0. The molecule has 1 aliphatic rings. The number of ether oxygens (including phenoxy) is 3. The highest BCUT2D eigenvalue weighted by atomic mass is 16.6. The van der Waals surface area contributed by atoms with E-state index in [0.717, 1.165) is 50.5 Å². The smallest absolute Gasteiger partial charge is 0.332 e. The second-order valence-electron chi connectivity index (χ2n) is 11.0. The molecule has 1 aliphatic heterocycles. The molecule has 0 spiro atoms. The molecule has 1 fully saturated rings. The highest BCUT2D eigenvalue weighted by Crippen LogP contribution is 2.14. The van der Waals surface area contributed by atoms with E-state index in [0.29, 0.717) is 0 Å². The summed E-state index contributed by atoms with van der Waals surface area (Å²) < 4.78 is 18.2. The third-order valence-electron chi connectivity index (χ3n) is 7.41. The molecule has 6 N–H and O–H groups in total. The lowest BCUT2D eigenvalue weighted by Crippen LogP contribution is -2.53. The van der Waals surface area contributed by atoms with Gasteiger partial charge in [0, 0.05) is 39.7 Å². The van der Waals surface area contributed by atoms with Crippen molar-refractivity contribution in [2.45, 2.75) is 18.1 Å². The number of rotatable bonds is 6. The third-order valence-corrected chi connectivity index (χ3v) is 7.41. The van der Waals surface area contributed by atoms with E-state index in [1.807, 2.05) is 0 Å². The van der Waals surface area contributed by atoms with Crippen LogP contribution in [0.1, 0.15) is 31.1 Å². The van der Waals surface area contributed by atoms with Crippen LogP contribution in [0.2, 0.25) is 0 Å². The average molecular weight is 715 g/mol. The van der Waals surface area contributed by atoms with Gasteiger partial charge in [0.1, 0.15) is 19.8 Å². The molecule has 4 rings (SSSR count). The lowest BCUT2D eigenvalue weighted by molar-refractivity contribution is -0.160. The van der Waals surface area contributed by atoms with Gasteiger partial charge in [0.05, 0.1) is 16.7 Å². The van der Waals surface area contributed by atoms with Gasteiger partial charge in [-0.15, -0.1) is 0 Å². The molecule has 0 aromatic carbocycles. The van der Waals surface area contributed by atoms with Gasteiger partial charge in [-0.2, -0.15) is 0 Å². The van der Waals surface area contributed by atoms with Crippen molar-refractivity contribution in [2.75, 3.05) is 19.8 Å². The minimum atomic E-state index is -1.89. The summed E-state index contributed by atoms with van der Waals surface area (Å²) in [6.45, 7) is -2.99. The van der Waals surface area contributed by atoms with Crippen molar-refractivity contribution in [1.29, 1.82) is 0 Å². The van der Waals surface area contributed by atoms with Gasteiger partial charge in [0.2, 0.25) is 0 Å². The average Bonchev–Trinajstić information content (AvgIpc) is 3.09. The second-order valence-corrected chi connectivity index (χ2v) is 11.0. The van der Waals surface area contributed by atoms with Crippen LogP contribution in [0.5, 0.6) is 17.2 Å². The number of nitrogens with zero attached hydrogens (tertiary/aromatic N) is 3. The number of esters is 3. The van der Waals surface area contributed by atoms with Crippen molar-refractivity contribution >= 4 is 35.6 Å². The van der Waals surface area contributed by atoms with Crippen LogP contribution < -0.4 is 32.6 Å². The Labute approximate surface area is 284 Å². The van der Waals surface area contributed by atoms with Gasteiger partial charge in [-0.3, -0.25) is 28.8 Å². The molecule has 3 amide bonds. The molecular formula is C30H30N6O15. The fourth-order valence-corrected chi connectivity index (χ4v) is 4.41. The van der Waals surface area contributed by atoms with Crippen molar-refractivity contribution in [3.8, 4) is 17.2 Å². The summed E-state index contributed by atoms with van der Waals surface area (Å²) in [6, 6.07) is -2.54. The van der Waals surface area contributed by atoms with Gasteiger partial charge in [-0.25, -0.2) is 14.4 Å². The van der Waals surface area contributed by atoms with Crippen LogP contribution in [0.3, 0.4) is 0 Å². The van der Waals surface area contributed by atoms with E-state index in [4.69, 9.17) is 14.2 Å². The van der Waals surface area contributed by atoms with Gasteiger partial charge in [0.15, 0.2) is 35.4 Å². The number of aromatic nitrogens is 3. The van der Waals surface area contributed by atoms with Crippen LogP contribution in [-0.2, 0) is 49.7 Å². The summed E-state index contributed by atoms with van der Waals surface area (Å²) in [5, 5.41) is 37.0. The van der Waals surface area contributed by atoms with Gasteiger partial charge in [-0.05, 0) is 18.2 Å². The minimum Gasteiger partial charge on any atom is -0.502 e. The van der Waals surface area contributed by atoms with Crippen LogP contribution in [0, 0.1) is 0 Å². The van der Waals surface area contributed by atoms with Crippen LogP contribution in [-0.4, -0.2) is 103 Å². The summed E-state index contributed by atoms with van der Waals surface area (Å²) in [6.07, 6.45) is 3.43. The van der Waals surface area contributed by atoms with Crippen molar-refractivity contribution in [2.24, 2.45) is 21.1 Å². The molecule has 0 radical (unpaired) electrons. The Morgan fingerprint density at radius 2 is 0.765 bits per heavy atom. The van der Waals surface area contributed by atoms with E-state index < -0.39 is 124 Å². The SMILES string of the molecule is Cn1ccc(C(=O)N[C@H]2COC(=O)[C@@H](NC(=O)c3ccn(C)c(=O)c3O)COC(=O)[C@@H](NC(=O)c3ccn(C)c(=O)c3O)COC2=O)c(O)c1=O. The Kier molecular flexibility index (Phi) is 10.9. The van der Waals surface area contributed by atoms with Gasteiger partial charge >= 0.3 is 17.9 Å². The molecule has 1 saturated heterocycles. The normalized spacial score (nSPS) is 18.2. The Hall–Kier alpha value is -6.93. The third kappa shape index (κ3) is 8.04. The first kappa shape index (κ1) is 36.9. The van der Waals surface area contributed by atoms with Gasteiger partial charge < -0.3 is 59.2 Å². The van der Waals surface area contributed by atoms with Crippen LogP contribution in [0.25, 0.3) is 0 Å². The fourth-order valence-electron chi connectivity index (χ4n) is 4.41. The molecule has 270 valence electrons. The molecule has 3 aromatic rings. The van der Waals surface area contributed by atoms with Gasteiger partial charge in [-0.1, -0.05) is 0 Å². The monoisotopic (exact) mass is 714 g/mol. The molecule has 21 nitrogen and oxygen atoms in total. The Morgan fingerprint density at radius 1 is 0.529 bits per heavy atom. The maximum absolute atomic E-state index is 13.2. The zero-order valence-electron chi connectivity index (χ0n) is 26.9. The quantitative estimate of drug-likeness (QED) is 0.106. The number of hydrogen-bond acceptors (Lipinski definition) is 15. The molecule has 21 heteroatoms. The zero-order valence-corrected chi connectivity index (χ0v) is 26.9. The van der Waals surface area contributed by atoms with Crippen molar-refractivity contribution in [3.63, 3.8) is 0 Å². The number of carbonyl (C=O) groups is 6. The fraction of sp³-hybridized carbons (Fsp3) is 0.300. The first-order valence-electron chi connectivity index (χ1n) is 14.6. The molecular weight excluding hydrogens is 684 g/mol. The molecule has 0 saturated carbocycles. The Bertz CT molecular complexity index is 1880. The number of aryl methyl sites for hydroxylation is 3. The molecule has 51 heavy (non-hydrogen) atoms. The van der Waals surface area contributed by atoms with E-state index in [1.165, 1.54) is 21.1 Å². The van der Waals surface area contributed by atoms with E-state index in [-0.39, 0.29) is 0 Å². The van der Waals surface area contributed by atoms with E-state index in [1.54, 1.807) is 0 Å². The lowest BCUT2D eigenvalue weighted by Gasteiger charge is -2.25. The highest BCUT2D eigenvalue weighted by molar-refractivity contribution is 6.01. The summed E-state index contributed by atoms with van der Waals surface area (Å²) >= 11 is 0. The predicted molar refractivity (Wildman–Crippen MR) is 167 cm³/mol. The van der Waals surface area contributed by atoms with Crippen LogP contribution >= 0.6 is 0 Å². The number of hydrogen-bond donors (Lipinski definition) is 6. The Balaban J connectivity index is 1.66. The van der Waals surface area contributed by atoms with Gasteiger partial charge in [0.25, 0.3) is 34.4 Å². The molecule has 3 atom stereocenters. The molecule has 0 aliphatic carbocycles. The summed E-state index contributed by atoms with van der Waals surface area (Å²) in [7, 11) is 3.88. The zero-order chi connectivity index (χ0) is 37.7. The summed E-state index contributed by atoms with van der Waals surface area (Å²) in [4.78, 5) is 115. The highest BCUT2D eigenvalue weighted by Gasteiger charge is 2.35. The van der Waals surface area contributed by atoms with Crippen molar-refractivity contribution in [1.82, 2.24) is 29.7 Å². The minimum absolute atomic E-state index is 0.579. The topological polar surface area (TPSA) is 293 Å². The number of pyridine rings is 3. The number of amides is 3. The molecule has 0 bridgehead atoms. The predicted octanol–water partition coefficient (Wildman–Crippen LogP) is -3.76. The largest absolute Gasteiger partial charge is 0.502 e. The number of cyclic esters (lactones) is 3. The van der Waals surface area contributed by atoms with E-state index in [9.17, 15) is 58.5 Å². The first-order valence-corrected chi connectivity index (χ1v) is 14.6. The Morgan fingerprint density at radius 3 is 1.00 bits per heavy atom. The van der Waals surface area contributed by atoms with Crippen molar-refractivity contribution < 1.29 is 58.3 Å². The summed E-state index contributed by atoms with van der Waals surface area (Å²) in [5.41, 5.74) is -4.62. The summed E-state index contributed by atoms with van der Waals surface area (Å²) in [5.74, 6) is -10.7. The van der Waals surface area contributed by atoms with Crippen LogP contribution in [0.4, 0.5) is 0 Å². The number of carbonyl (C=O) groups excluding carboxylic acids is 6.